The second kappa shape index (κ2) is 21.8. The van der Waals surface area contributed by atoms with Crippen LogP contribution in [0.25, 0.3) is 0 Å². The first-order chi connectivity index (χ1) is 21.0. The predicted molar refractivity (Wildman–Crippen MR) is 139 cm³/mol. The zero-order chi connectivity index (χ0) is 36.5. The molecule has 2 rings (SSSR count). The van der Waals surface area contributed by atoms with Gasteiger partial charge in [0.2, 0.25) is 33.4 Å². The van der Waals surface area contributed by atoms with E-state index in [1.54, 1.807) is 0 Å². The van der Waals surface area contributed by atoms with Gasteiger partial charge in [-0.25, -0.2) is 30.0 Å². The van der Waals surface area contributed by atoms with Crippen molar-refractivity contribution < 1.29 is 214 Å². The van der Waals surface area contributed by atoms with Crippen LogP contribution in [0.15, 0.2) is 11.8 Å². The predicted octanol–water partition coefficient (Wildman–Crippen LogP) is -16.2. The minimum Gasteiger partial charge on any atom is -0.735 e. The third-order valence-electron chi connectivity index (χ3n) is 5.89. The van der Waals surface area contributed by atoms with Gasteiger partial charge in [-0.2, -0.15) is 0 Å². The maximum atomic E-state index is 12.6. The summed E-state index contributed by atoms with van der Waals surface area (Å²) < 4.78 is 139. The Morgan fingerprint density at radius 1 is 0.824 bits per heavy atom. The first-order valence-electron chi connectivity index (χ1n) is 13.0. The number of aliphatic hydroxyl groups excluding tert-OH is 1. The molecule has 2 aliphatic rings. The van der Waals surface area contributed by atoms with Crippen LogP contribution in [-0.4, -0.2) is 118 Å². The van der Waals surface area contributed by atoms with E-state index in [2.05, 4.69) is 8.37 Å². The van der Waals surface area contributed by atoms with E-state index >= 15 is 0 Å². The van der Waals surface area contributed by atoms with Crippen molar-refractivity contribution in [2.45, 2.75) is 90.7 Å². The summed E-state index contributed by atoms with van der Waals surface area (Å²) in [6, 6.07) is -2.31. The molecule has 51 heavy (non-hydrogen) atoms. The van der Waals surface area contributed by atoms with Gasteiger partial charge >= 0.3 is 130 Å². The van der Waals surface area contributed by atoms with Gasteiger partial charge in [0.05, 0.1) is 17.4 Å². The Morgan fingerprint density at radius 2 is 1.31 bits per heavy atom. The van der Waals surface area contributed by atoms with E-state index in [0.29, 0.717) is 6.08 Å². The SMILES string of the molecule is CC(C)(C)C(=O)O[C@@H]1O[C@H](COS(=O)(=O)[O-])[C@@H](O[C@@H]2OC(C(=O)[O-])=C[C@H](OC(=O)C(C)(C)C)[C@H]2OS(=O)(=O)[O-])[C@H](O)[C@H]1NS(=O)(=O)[O-].[Na+].[Na+].[Na+].[Na+]. The summed E-state index contributed by atoms with van der Waals surface area (Å²) in [7, 11) is -16.9. The fraction of sp³-hybridized carbons (Fsp3) is 0.773. The second-order valence-corrected chi connectivity index (χ2v) is 15.2. The number of esters is 2. The molecule has 0 aromatic heterocycles. The van der Waals surface area contributed by atoms with Crippen LogP contribution in [0.2, 0.25) is 0 Å². The van der Waals surface area contributed by atoms with Crippen LogP contribution in [0.5, 0.6) is 0 Å². The molecule has 8 atom stereocenters. The summed E-state index contributed by atoms with van der Waals surface area (Å²) in [6.07, 6.45) is -16.0. The minimum absolute atomic E-state index is 0. The van der Waals surface area contributed by atoms with E-state index in [0.717, 1.165) is 0 Å². The molecule has 1 fully saturated rings. The van der Waals surface area contributed by atoms with Crippen molar-refractivity contribution in [3.8, 4) is 0 Å². The van der Waals surface area contributed by atoms with Crippen LogP contribution in [0.3, 0.4) is 0 Å². The van der Waals surface area contributed by atoms with Gasteiger partial charge in [-0.3, -0.25) is 18.0 Å². The van der Waals surface area contributed by atoms with E-state index in [1.165, 1.54) is 46.3 Å². The van der Waals surface area contributed by atoms with Gasteiger partial charge in [0.25, 0.3) is 0 Å². The minimum atomic E-state index is -5.79. The van der Waals surface area contributed by atoms with Gasteiger partial charge in [0.15, 0.2) is 22.5 Å². The standard InChI is InChI=1S/C22H35NO21S3.4Na/c1-21(2,3)19(27)41-9-7-10(16(25)26)39-18(15(9)44-47(35,36)37)42-14-11(8-38-46(32,33)34)40-17(43-20(28)22(4,5)6)12(13(14)24)23-45(29,30)31;;;;/h7,9,11-15,17-18,23-24H,8H2,1-6H3,(H,25,26)(H,29,30,31)(H,32,33,34)(H,35,36,37);;;;/q;4*+1/p-4/t9-,11+,12+,13+,14+,15+,17-,18-;;;;/m0..../s1. The summed E-state index contributed by atoms with van der Waals surface area (Å²) >= 11 is 0. The molecule has 0 unspecified atom stereocenters. The number of hydrogen-bond donors (Lipinski definition) is 2. The number of carboxylic acids is 1. The van der Waals surface area contributed by atoms with E-state index in [4.69, 9.17) is 23.7 Å². The number of nitrogens with one attached hydrogen (secondary N) is 1. The summed E-state index contributed by atoms with van der Waals surface area (Å²) in [6.45, 7) is 6.55. The Balaban J connectivity index is -0.00000576. The van der Waals surface area contributed by atoms with Crippen LogP contribution in [0.1, 0.15) is 41.5 Å². The van der Waals surface area contributed by atoms with Gasteiger partial charge in [-0.05, 0) is 41.5 Å². The van der Waals surface area contributed by atoms with Crippen molar-refractivity contribution in [3.63, 3.8) is 0 Å². The molecular weight excluding hydrogens is 802 g/mol. The number of aliphatic carboxylic acids is 1. The van der Waals surface area contributed by atoms with E-state index in [1.807, 2.05) is 0 Å². The van der Waals surface area contributed by atoms with Gasteiger partial charge < -0.3 is 52.4 Å². The van der Waals surface area contributed by atoms with Crippen LogP contribution >= 0.6 is 0 Å². The van der Waals surface area contributed by atoms with Crippen LogP contribution in [-0.2, 0) is 77.5 Å². The second-order valence-electron chi connectivity index (χ2n) is 12.0. The van der Waals surface area contributed by atoms with E-state index in [-0.39, 0.29) is 118 Å². The molecule has 2 N–H and O–H groups in total. The molecule has 0 radical (unpaired) electrons. The zero-order valence-corrected chi connectivity index (χ0v) is 39.7. The summed E-state index contributed by atoms with van der Waals surface area (Å²) in [5.74, 6) is -5.60. The average molecular weight is 834 g/mol. The summed E-state index contributed by atoms with van der Waals surface area (Å²) in [4.78, 5) is 36.9. The van der Waals surface area contributed by atoms with Crippen molar-refractivity contribution in [3.05, 3.63) is 11.8 Å². The topological polar surface area (TPSA) is 343 Å². The molecule has 0 amide bonds. The fourth-order valence-electron chi connectivity index (χ4n) is 3.69. The first kappa shape index (κ1) is 56.8. The van der Waals surface area contributed by atoms with Crippen LogP contribution < -0.4 is 128 Å². The third-order valence-corrected chi connectivity index (χ3v) is 7.34. The number of ether oxygens (including phenoxy) is 5. The number of hydrogen-bond acceptors (Lipinski definition) is 21. The molecule has 1 saturated heterocycles. The van der Waals surface area contributed by atoms with Crippen molar-refractivity contribution in [1.82, 2.24) is 4.72 Å². The van der Waals surface area contributed by atoms with Crippen LogP contribution in [0.4, 0.5) is 0 Å². The largest absolute Gasteiger partial charge is 1.00 e. The Bertz CT molecular complexity index is 1560. The van der Waals surface area contributed by atoms with Gasteiger partial charge in [0, 0.05) is 6.08 Å². The molecule has 0 aliphatic carbocycles. The molecule has 2 aliphatic heterocycles. The molecule has 0 spiro atoms. The zero-order valence-electron chi connectivity index (χ0n) is 29.2. The molecule has 0 bridgehead atoms. The number of carbonyl (C=O) groups is 3. The summed E-state index contributed by atoms with van der Waals surface area (Å²) in [5, 5.41) is 22.9. The van der Waals surface area contributed by atoms with E-state index < -0.39 is 121 Å². The van der Waals surface area contributed by atoms with Gasteiger partial charge in [-0.15, -0.1) is 0 Å². The molecule has 29 heteroatoms. The molecule has 22 nitrogen and oxygen atoms in total. The Kier molecular flexibility index (Phi) is 24.3. The summed E-state index contributed by atoms with van der Waals surface area (Å²) in [5.41, 5.74) is -2.66. The Hall–Kier alpha value is 1.44. The number of carbonyl (C=O) groups excluding carboxylic acids is 3. The monoisotopic (exact) mass is 833 g/mol. The molecule has 0 saturated carbocycles. The van der Waals surface area contributed by atoms with Gasteiger partial charge in [-0.1, -0.05) is 0 Å². The maximum Gasteiger partial charge on any atom is 1.00 e. The third kappa shape index (κ3) is 19.0. The van der Waals surface area contributed by atoms with Gasteiger partial charge in [0.1, 0.15) is 36.1 Å². The number of aliphatic hydroxyl groups is 1. The number of rotatable bonds is 12. The fourth-order valence-corrected chi connectivity index (χ4v) is 5.05. The van der Waals surface area contributed by atoms with E-state index in [9.17, 15) is 63.5 Å². The Morgan fingerprint density at radius 3 is 1.73 bits per heavy atom. The quantitative estimate of drug-likeness (QED) is 0.0798. The maximum absolute atomic E-state index is 12.6. The van der Waals surface area contributed by atoms with Crippen molar-refractivity contribution in [1.29, 1.82) is 0 Å². The average Bonchev–Trinajstić information content (AvgIpc) is 2.85. The molecule has 272 valence electrons. The molecular formula is C22H31NNa4O21S3. The Labute approximate surface area is 382 Å². The normalized spacial score (nSPS) is 27.0. The van der Waals surface area contributed by atoms with Crippen LogP contribution in [0, 0.1) is 10.8 Å². The number of carboxylic acid groups (broad SMARTS) is 1. The van der Waals surface area contributed by atoms with Crippen molar-refractivity contribution in [2.75, 3.05) is 6.61 Å². The smallest absolute Gasteiger partial charge is 0.735 e. The van der Waals surface area contributed by atoms with Crippen molar-refractivity contribution >= 4 is 49.0 Å². The van der Waals surface area contributed by atoms with Crippen molar-refractivity contribution in [2.24, 2.45) is 10.8 Å². The molecule has 2 heterocycles. The molecule has 0 aromatic carbocycles. The first-order valence-corrected chi connectivity index (χ1v) is 17.0. The molecule has 0 aromatic rings.